The molecule has 3 atom stereocenters. The first-order valence-corrected chi connectivity index (χ1v) is 2.89. The molecule has 0 spiro atoms. The van der Waals surface area contributed by atoms with E-state index in [1.54, 1.807) is 0 Å². The molecule has 0 rings (SSSR count). The Hall–Kier alpha value is 0.292. The molecule has 0 saturated heterocycles. The predicted molar refractivity (Wildman–Crippen MR) is 35.8 cm³/mol. The summed E-state index contributed by atoms with van der Waals surface area (Å²) < 4.78 is 0. The fourth-order valence-corrected chi connectivity index (χ4v) is 0.472. The van der Waals surface area contributed by atoms with E-state index in [1.165, 1.54) is 0 Å². The molecule has 0 saturated carbocycles. The smallest absolute Gasteiger partial charge is 0.110 e. The molecule has 0 unspecified atom stereocenters. The van der Waals surface area contributed by atoms with Gasteiger partial charge in [0.15, 0.2) is 0 Å². The Morgan fingerprint density at radius 3 is 1.25 bits per heavy atom. The molecule has 0 heterocycles. The topological polar surface area (TPSA) is 133 Å². The van der Waals surface area contributed by atoms with Gasteiger partial charge in [0.05, 0.1) is 13.2 Å². The second kappa shape index (κ2) is 9.38. The molecule has 0 aromatic carbocycles. The van der Waals surface area contributed by atoms with Crippen molar-refractivity contribution in [1.82, 2.24) is 0 Å². The van der Waals surface area contributed by atoms with Crippen molar-refractivity contribution in [3.63, 3.8) is 0 Å². The van der Waals surface area contributed by atoms with Crippen LogP contribution in [0, 0.1) is 0 Å². The number of rotatable bonds is 4. The summed E-state index contributed by atoms with van der Waals surface area (Å²) in [6, 6.07) is 0. The van der Waals surface area contributed by atoms with Gasteiger partial charge in [-0.05, 0) is 0 Å². The Labute approximate surface area is 80.5 Å². The van der Waals surface area contributed by atoms with Crippen LogP contribution in [0.1, 0.15) is 0 Å². The van der Waals surface area contributed by atoms with Crippen molar-refractivity contribution in [2.24, 2.45) is 0 Å². The molecule has 0 aliphatic heterocycles. The summed E-state index contributed by atoms with van der Waals surface area (Å²) in [7, 11) is 0. The van der Waals surface area contributed by atoms with Gasteiger partial charge in [0.25, 0.3) is 0 Å². The van der Waals surface area contributed by atoms with Crippen LogP contribution in [0.25, 0.3) is 0 Å². The maximum atomic E-state index is 8.77. The van der Waals surface area contributed by atoms with Crippen LogP contribution in [0.4, 0.5) is 0 Å². The maximum absolute atomic E-state index is 8.77. The first kappa shape index (κ1) is 18.2. The van der Waals surface area contributed by atoms with Crippen molar-refractivity contribution >= 4 is 0 Å². The third-order valence-electron chi connectivity index (χ3n) is 1.16. The first-order valence-electron chi connectivity index (χ1n) is 2.89. The van der Waals surface area contributed by atoms with Crippen LogP contribution < -0.4 is 0 Å². The first-order chi connectivity index (χ1) is 4.63. The molecule has 12 heavy (non-hydrogen) atoms. The second-order valence-electron chi connectivity index (χ2n) is 1.99. The van der Waals surface area contributed by atoms with Gasteiger partial charge in [0.2, 0.25) is 0 Å². The standard InChI is InChI=1S/C5H12O5.Cr.H2O/c6-1-3(8)5(10)4(9)2-7;;/h3-10H,1-2H2;;1H2/t3-,4+,5+;;. The normalized spacial score (nSPS) is 16.8. The van der Waals surface area contributed by atoms with Gasteiger partial charge in [-0.15, -0.1) is 0 Å². The fraction of sp³-hybridized carbons (Fsp3) is 1.00. The van der Waals surface area contributed by atoms with Gasteiger partial charge in [0.1, 0.15) is 18.3 Å². The van der Waals surface area contributed by atoms with E-state index in [9.17, 15) is 0 Å². The van der Waals surface area contributed by atoms with Crippen molar-refractivity contribution in [1.29, 1.82) is 0 Å². The second-order valence-corrected chi connectivity index (χ2v) is 1.99. The Balaban J connectivity index is -0.000000405. The van der Waals surface area contributed by atoms with Crippen LogP contribution in [-0.4, -0.2) is 62.5 Å². The van der Waals surface area contributed by atoms with E-state index in [4.69, 9.17) is 25.5 Å². The summed E-state index contributed by atoms with van der Waals surface area (Å²) in [6.07, 6.45) is -4.29. The van der Waals surface area contributed by atoms with Crippen molar-refractivity contribution < 1.29 is 48.4 Å². The summed E-state index contributed by atoms with van der Waals surface area (Å²) in [4.78, 5) is 0. The molecule has 0 bridgehead atoms. The molecule has 76 valence electrons. The van der Waals surface area contributed by atoms with Gasteiger partial charge in [-0.2, -0.15) is 0 Å². The van der Waals surface area contributed by atoms with Crippen molar-refractivity contribution in [3.05, 3.63) is 0 Å². The van der Waals surface area contributed by atoms with E-state index < -0.39 is 31.5 Å². The van der Waals surface area contributed by atoms with Crippen LogP contribution in [0.3, 0.4) is 0 Å². The Kier molecular flexibility index (Phi) is 14.2. The molecule has 7 heteroatoms. The van der Waals surface area contributed by atoms with E-state index in [-0.39, 0.29) is 22.8 Å². The average Bonchev–Trinajstić information content (AvgIpc) is 2.00. The molecule has 0 aromatic heterocycles. The minimum absolute atomic E-state index is 0. The van der Waals surface area contributed by atoms with Crippen molar-refractivity contribution in [2.75, 3.05) is 13.2 Å². The molecule has 0 fully saturated rings. The van der Waals surface area contributed by atoms with Gasteiger partial charge in [0, 0.05) is 17.4 Å². The zero-order valence-electron chi connectivity index (χ0n) is 6.29. The van der Waals surface area contributed by atoms with E-state index in [1.807, 2.05) is 0 Å². The summed E-state index contributed by atoms with van der Waals surface area (Å²) >= 11 is 0. The summed E-state index contributed by atoms with van der Waals surface area (Å²) in [6.45, 7) is -1.28. The Morgan fingerprint density at radius 2 is 1.08 bits per heavy atom. The number of hydrogen-bond acceptors (Lipinski definition) is 5. The number of hydrogen-bond donors (Lipinski definition) is 5. The van der Waals surface area contributed by atoms with Crippen LogP contribution in [0.5, 0.6) is 0 Å². The number of aliphatic hydroxyl groups excluding tert-OH is 5. The number of aliphatic hydroxyl groups is 5. The van der Waals surface area contributed by atoms with Crippen LogP contribution in [0.2, 0.25) is 0 Å². The van der Waals surface area contributed by atoms with Crippen LogP contribution in [-0.2, 0) is 17.4 Å². The minimum Gasteiger partial charge on any atom is -0.412 e. The van der Waals surface area contributed by atoms with Gasteiger partial charge in [-0.1, -0.05) is 0 Å². The average molecular weight is 222 g/mol. The molecule has 0 aromatic rings. The zero-order chi connectivity index (χ0) is 8.15. The Bertz CT molecular complexity index is 82.0. The molecule has 0 aliphatic carbocycles. The van der Waals surface area contributed by atoms with Gasteiger partial charge in [-0.3, -0.25) is 0 Å². The van der Waals surface area contributed by atoms with E-state index in [0.29, 0.717) is 0 Å². The molecule has 0 aliphatic rings. The van der Waals surface area contributed by atoms with E-state index >= 15 is 0 Å². The van der Waals surface area contributed by atoms with E-state index in [2.05, 4.69) is 0 Å². The largest absolute Gasteiger partial charge is 0.412 e. The molecular weight excluding hydrogens is 208 g/mol. The van der Waals surface area contributed by atoms with Crippen LogP contribution in [0.15, 0.2) is 0 Å². The van der Waals surface area contributed by atoms with Gasteiger partial charge >= 0.3 is 0 Å². The molecule has 0 radical (unpaired) electrons. The third kappa shape index (κ3) is 5.88. The summed E-state index contributed by atoms with van der Waals surface area (Å²) in [5.41, 5.74) is 0. The fourth-order valence-electron chi connectivity index (χ4n) is 0.472. The predicted octanol–water partition coefficient (Wildman–Crippen LogP) is -3.77. The third-order valence-corrected chi connectivity index (χ3v) is 1.16. The SMILES string of the molecule is O.OC[C@@H](O)[C@H](O)[C@@H](O)CO.[Cr]. The van der Waals surface area contributed by atoms with Gasteiger partial charge in [-0.25, -0.2) is 0 Å². The van der Waals surface area contributed by atoms with Crippen LogP contribution >= 0.6 is 0 Å². The van der Waals surface area contributed by atoms with Crippen molar-refractivity contribution in [3.8, 4) is 0 Å². The molecule has 6 nitrogen and oxygen atoms in total. The van der Waals surface area contributed by atoms with E-state index in [0.717, 1.165) is 0 Å². The molecular formula is C5H14CrO6. The molecule has 0 amide bonds. The maximum Gasteiger partial charge on any atom is 0.110 e. The molecule has 7 N–H and O–H groups in total. The minimum atomic E-state index is -1.49. The van der Waals surface area contributed by atoms with Gasteiger partial charge < -0.3 is 31.0 Å². The zero-order valence-corrected chi connectivity index (χ0v) is 7.57. The Morgan fingerprint density at radius 1 is 0.833 bits per heavy atom. The summed E-state index contributed by atoms with van der Waals surface area (Å²) in [5.74, 6) is 0. The summed E-state index contributed by atoms with van der Waals surface area (Å²) in [5, 5.41) is 42.6. The monoisotopic (exact) mass is 222 g/mol. The van der Waals surface area contributed by atoms with Crippen molar-refractivity contribution in [2.45, 2.75) is 18.3 Å². The quantitative estimate of drug-likeness (QED) is 0.333.